The van der Waals surface area contributed by atoms with Crippen molar-refractivity contribution in [1.29, 1.82) is 0 Å². The third-order valence-electron chi connectivity index (χ3n) is 1.26. The zero-order valence-corrected chi connectivity index (χ0v) is 5.22. The number of ketones is 1. The minimum Gasteiger partial charge on any atom is -0.504 e. The number of aliphatic hydroxyl groups is 1. The number of hydrogen-bond donors (Lipinski definition) is 1. The number of rotatable bonds is 0. The largest absolute Gasteiger partial charge is 0.504 e. The Kier molecular flexibility index (Phi) is 1.39. The maximum Gasteiger partial charge on any atom is 0.200 e. The average Bonchev–Trinajstić information content (AvgIpc) is 1.80. The van der Waals surface area contributed by atoms with E-state index in [0.717, 1.165) is 5.57 Å². The van der Waals surface area contributed by atoms with Crippen molar-refractivity contribution in [2.24, 2.45) is 0 Å². The average molecular weight is 124 g/mol. The molecule has 0 atom stereocenters. The summed E-state index contributed by atoms with van der Waals surface area (Å²) in [4.78, 5) is 10.6. The number of allylic oxidation sites excluding steroid dienone is 4. The molecule has 1 aliphatic carbocycles. The van der Waals surface area contributed by atoms with Crippen LogP contribution in [0.2, 0.25) is 0 Å². The van der Waals surface area contributed by atoms with Gasteiger partial charge in [0.15, 0.2) is 5.76 Å². The maximum absolute atomic E-state index is 10.6. The smallest absolute Gasteiger partial charge is 0.200 e. The number of aliphatic hydroxyl groups excluding tert-OH is 1. The number of carbonyl (C=O) groups excluding carboxylic acids is 1. The van der Waals surface area contributed by atoms with Crippen LogP contribution in [0.3, 0.4) is 0 Å². The number of hydrogen-bond acceptors (Lipinski definition) is 2. The molecule has 0 aromatic heterocycles. The van der Waals surface area contributed by atoms with E-state index in [4.69, 9.17) is 5.11 Å². The van der Waals surface area contributed by atoms with Gasteiger partial charge in [0.1, 0.15) is 0 Å². The van der Waals surface area contributed by atoms with E-state index in [2.05, 4.69) is 0 Å². The van der Waals surface area contributed by atoms with Crippen LogP contribution in [0.4, 0.5) is 0 Å². The standard InChI is InChI=1S/C7H8O2/c1-5-2-3-6(8)7(9)4-5/h2,4,9H,3H2,1H3. The molecule has 0 aliphatic heterocycles. The SMILES string of the molecule is CC1=CCC(=O)C(O)=C1. The Morgan fingerprint density at radius 2 is 2.33 bits per heavy atom. The summed E-state index contributed by atoms with van der Waals surface area (Å²) >= 11 is 0. The van der Waals surface area contributed by atoms with Crippen molar-refractivity contribution in [2.75, 3.05) is 0 Å². The van der Waals surface area contributed by atoms with Gasteiger partial charge in [-0.3, -0.25) is 4.79 Å². The molecule has 2 nitrogen and oxygen atoms in total. The zero-order chi connectivity index (χ0) is 6.85. The maximum atomic E-state index is 10.6. The first-order valence-electron chi connectivity index (χ1n) is 2.81. The first-order chi connectivity index (χ1) is 4.20. The van der Waals surface area contributed by atoms with E-state index in [1.54, 1.807) is 6.08 Å². The van der Waals surface area contributed by atoms with E-state index in [1.165, 1.54) is 6.08 Å². The van der Waals surface area contributed by atoms with E-state index in [1.807, 2.05) is 6.92 Å². The highest BCUT2D eigenvalue weighted by Gasteiger charge is 2.09. The molecular formula is C7H8O2. The van der Waals surface area contributed by atoms with Crippen molar-refractivity contribution in [3.05, 3.63) is 23.5 Å². The summed E-state index contributed by atoms with van der Waals surface area (Å²) in [6, 6.07) is 0. The van der Waals surface area contributed by atoms with Crippen molar-refractivity contribution >= 4 is 5.78 Å². The van der Waals surface area contributed by atoms with Crippen LogP contribution in [0.25, 0.3) is 0 Å². The molecule has 48 valence electrons. The van der Waals surface area contributed by atoms with Gasteiger partial charge in [0.05, 0.1) is 0 Å². The minimum atomic E-state index is -0.194. The quantitative estimate of drug-likeness (QED) is 0.529. The van der Waals surface area contributed by atoms with Crippen molar-refractivity contribution in [3.63, 3.8) is 0 Å². The summed E-state index contributed by atoms with van der Waals surface area (Å²) in [5.74, 6) is -0.310. The molecule has 1 N–H and O–H groups in total. The molecule has 0 radical (unpaired) electrons. The summed E-state index contributed by atoms with van der Waals surface area (Å²) in [5, 5.41) is 8.82. The molecule has 0 spiro atoms. The van der Waals surface area contributed by atoms with Crippen LogP contribution in [0, 0.1) is 0 Å². The first-order valence-corrected chi connectivity index (χ1v) is 2.81. The van der Waals surface area contributed by atoms with Gasteiger partial charge in [-0.2, -0.15) is 0 Å². The van der Waals surface area contributed by atoms with E-state index in [-0.39, 0.29) is 11.5 Å². The molecular weight excluding hydrogens is 116 g/mol. The van der Waals surface area contributed by atoms with Gasteiger partial charge >= 0.3 is 0 Å². The molecule has 2 heteroatoms. The van der Waals surface area contributed by atoms with Crippen LogP contribution in [-0.2, 0) is 4.79 Å². The van der Waals surface area contributed by atoms with Crippen LogP contribution in [0.15, 0.2) is 23.5 Å². The Bertz CT molecular complexity index is 199. The Morgan fingerprint density at radius 3 is 2.78 bits per heavy atom. The van der Waals surface area contributed by atoms with Crippen molar-refractivity contribution in [1.82, 2.24) is 0 Å². The third-order valence-corrected chi connectivity index (χ3v) is 1.26. The lowest BCUT2D eigenvalue weighted by Gasteiger charge is -2.02. The molecule has 0 amide bonds. The summed E-state index contributed by atoms with van der Waals surface area (Å²) in [6.45, 7) is 1.85. The zero-order valence-electron chi connectivity index (χ0n) is 5.22. The molecule has 1 aliphatic rings. The van der Waals surface area contributed by atoms with Gasteiger partial charge in [-0.05, 0) is 13.0 Å². The Labute approximate surface area is 53.5 Å². The summed E-state index contributed by atoms with van der Waals surface area (Å²) in [5.41, 5.74) is 0.951. The second kappa shape index (κ2) is 2.05. The molecule has 9 heavy (non-hydrogen) atoms. The van der Waals surface area contributed by atoms with Crippen LogP contribution in [-0.4, -0.2) is 10.9 Å². The van der Waals surface area contributed by atoms with Crippen molar-refractivity contribution in [3.8, 4) is 0 Å². The highest BCUT2D eigenvalue weighted by molar-refractivity contribution is 5.95. The molecule has 0 saturated carbocycles. The van der Waals surface area contributed by atoms with Gasteiger partial charge < -0.3 is 5.11 Å². The van der Waals surface area contributed by atoms with E-state index < -0.39 is 0 Å². The first kappa shape index (κ1) is 6.08. The second-order valence-electron chi connectivity index (χ2n) is 2.11. The predicted octanol–water partition coefficient (Wildman–Crippen LogP) is 1.35. The van der Waals surface area contributed by atoms with Crippen LogP contribution in [0.1, 0.15) is 13.3 Å². The second-order valence-corrected chi connectivity index (χ2v) is 2.11. The molecule has 1 rings (SSSR count). The van der Waals surface area contributed by atoms with Gasteiger partial charge in [0.25, 0.3) is 0 Å². The fourth-order valence-electron chi connectivity index (χ4n) is 0.713. The van der Waals surface area contributed by atoms with E-state index in [9.17, 15) is 4.79 Å². The number of carbonyl (C=O) groups is 1. The lowest BCUT2D eigenvalue weighted by atomic mass is 10.1. The van der Waals surface area contributed by atoms with E-state index >= 15 is 0 Å². The molecule has 0 saturated heterocycles. The molecule has 0 bridgehead atoms. The molecule has 0 aromatic carbocycles. The summed E-state index contributed by atoms with van der Waals surface area (Å²) < 4.78 is 0. The fraction of sp³-hybridized carbons (Fsp3) is 0.286. The number of Topliss-reactive ketones (excluding diaryl/α,β-unsaturated/α-hetero) is 1. The van der Waals surface area contributed by atoms with Gasteiger partial charge in [-0.1, -0.05) is 11.6 Å². The van der Waals surface area contributed by atoms with E-state index in [0.29, 0.717) is 6.42 Å². The monoisotopic (exact) mass is 124 g/mol. The topological polar surface area (TPSA) is 37.3 Å². The molecule has 0 fully saturated rings. The highest BCUT2D eigenvalue weighted by Crippen LogP contribution is 2.10. The highest BCUT2D eigenvalue weighted by atomic mass is 16.3. The fourth-order valence-corrected chi connectivity index (χ4v) is 0.713. The predicted molar refractivity (Wildman–Crippen MR) is 34.1 cm³/mol. The van der Waals surface area contributed by atoms with Gasteiger partial charge in [0, 0.05) is 6.42 Å². The lowest BCUT2D eigenvalue weighted by molar-refractivity contribution is -0.117. The van der Waals surface area contributed by atoms with Gasteiger partial charge in [-0.15, -0.1) is 0 Å². The van der Waals surface area contributed by atoms with Crippen LogP contribution < -0.4 is 0 Å². The molecule has 0 unspecified atom stereocenters. The van der Waals surface area contributed by atoms with Crippen LogP contribution >= 0.6 is 0 Å². The van der Waals surface area contributed by atoms with Crippen molar-refractivity contribution < 1.29 is 9.90 Å². The van der Waals surface area contributed by atoms with Crippen molar-refractivity contribution in [2.45, 2.75) is 13.3 Å². The molecule has 0 heterocycles. The summed E-state index contributed by atoms with van der Waals surface area (Å²) in [6.07, 6.45) is 3.61. The third kappa shape index (κ3) is 1.19. The van der Waals surface area contributed by atoms with Crippen LogP contribution in [0.5, 0.6) is 0 Å². The molecule has 0 aromatic rings. The lowest BCUT2D eigenvalue weighted by Crippen LogP contribution is -2.03. The Balaban J connectivity index is 2.87. The van der Waals surface area contributed by atoms with Gasteiger partial charge in [-0.25, -0.2) is 0 Å². The van der Waals surface area contributed by atoms with Gasteiger partial charge in [0.2, 0.25) is 5.78 Å². The normalized spacial score (nSPS) is 19.0. The minimum absolute atomic E-state index is 0.116. The Morgan fingerprint density at radius 1 is 1.67 bits per heavy atom. The summed E-state index contributed by atoms with van der Waals surface area (Å²) in [7, 11) is 0. The Hall–Kier alpha value is -1.05.